The van der Waals surface area contributed by atoms with Crippen molar-refractivity contribution in [3.63, 3.8) is 0 Å². The molecule has 6 heteroatoms. The Balaban J connectivity index is 2.99. The zero-order valence-electron chi connectivity index (χ0n) is 22.9. The van der Waals surface area contributed by atoms with E-state index in [1.54, 1.807) is 6.92 Å². The van der Waals surface area contributed by atoms with Crippen molar-refractivity contribution in [1.82, 2.24) is 0 Å². The SMILES string of the molecule is CC[C@H](C)C[C@H](CCC(=O)[C@]1(C)O[C@@H](C(C)(C)C)OC1=O)[C@@H](CC)O[Si](C)(C)C(C)(C)C. The lowest BCUT2D eigenvalue weighted by Gasteiger charge is -2.42. The summed E-state index contributed by atoms with van der Waals surface area (Å²) in [7, 11) is -1.93. The summed E-state index contributed by atoms with van der Waals surface area (Å²) in [4.78, 5) is 25.8. The molecule has 188 valence electrons. The van der Waals surface area contributed by atoms with Crippen LogP contribution in [0.15, 0.2) is 0 Å². The molecule has 1 aliphatic rings. The second kappa shape index (κ2) is 10.7. The fourth-order valence-corrected chi connectivity index (χ4v) is 5.26. The molecular weight excluding hydrogens is 420 g/mol. The molecule has 0 radical (unpaired) electrons. The molecule has 1 fully saturated rings. The van der Waals surface area contributed by atoms with Crippen LogP contribution in [0.5, 0.6) is 0 Å². The van der Waals surface area contributed by atoms with E-state index in [9.17, 15) is 9.59 Å². The normalized spacial score (nSPS) is 25.4. The minimum absolute atomic E-state index is 0.115. The number of cyclic esters (lactones) is 1. The summed E-state index contributed by atoms with van der Waals surface area (Å²) in [6, 6.07) is 0. The van der Waals surface area contributed by atoms with Gasteiger partial charge in [-0.3, -0.25) is 4.79 Å². The van der Waals surface area contributed by atoms with Gasteiger partial charge in [-0.1, -0.05) is 68.7 Å². The minimum Gasteiger partial charge on any atom is -0.433 e. The van der Waals surface area contributed by atoms with E-state index < -0.39 is 26.2 Å². The van der Waals surface area contributed by atoms with Crippen LogP contribution in [0.4, 0.5) is 0 Å². The Morgan fingerprint density at radius 3 is 2.09 bits per heavy atom. The van der Waals surface area contributed by atoms with E-state index in [1.165, 1.54) is 0 Å². The molecule has 0 N–H and O–H groups in total. The van der Waals surface area contributed by atoms with E-state index in [4.69, 9.17) is 13.9 Å². The number of carbonyl (C=O) groups excluding carboxylic acids is 2. The highest BCUT2D eigenvalue weighted by Crippen LogP contribution is 2.41. The van der Waals surface area contributed by atoms with Gasteiger partial charge in [0.05, 0.1) is 0 Å². The van der Waals surface area contributed by atoms with E-state index in [2.05, 4.69) is 54.6 Å². The molecule has 0 spiro atoms. The molecule has 0 bridgehead atoms. The van der Waals surface area contributed by atoms with Crippen LogP contribution < -0.4 is 0 Å². The maximum absolute atomic E-state index is 13.2. The summed E-state index contributed by atoms with van der Waals surface area (Å²) in [5.41, 5.74) is -1.89. The Labute approximate surface area is 198 Å². The van der Waals surface area contributed by atoms with E-state index in [0.717, 1.165) is 19.3 Å². The van der Waals surface area contributed by atoms with Gasteiger partial charge >= 0.3 is 5.97 Å². The zero-order chi connectivity index (χ0) is 25.1. The summed E-state index contributed by atoms with van der Waals surface area (Å²) in [5, 5.41) is 0.133. The Hall–Kier alpha value is -0.723. The lowest BCUT2D eigenvalue weighted by Crippen LogP contribution is -2.46. The molecule has 0 aliphatic carbocycles. The number of esters is 1. The number of hydrogen-bond donors (Lipinski definition) is 0. The molecule has 1 rings (SSSR count). The van der Waals surface area contributed by atoms with Crippen molar-refractivity contribution in [1.29, 1.82) is 0 Å². The van der Waals surface area contributed by atoms with Gasteiger partial charge in [0.1, 0.15) is 0 Å². The molecule has 5 atom stereocenters. The van der Waals surface area contributed by atoms with Crippen molar-refractivity contribution in [2.75, 3.05) is 0 Å². The predicted octanol–water partition coefficient (Wildman–Crippen LogP) is 6.89. The molecule has 32 heavy (non-hydrogen) atoms. The molecule has 5 nitrogen and oxygen atoms in total. The third-order valence-corrected chi connectivity index (χ3v) is 12.0. The Bertz CT molecular complexity index is 646. The second-order valence-corrected chi connectivity index (χ2v) is 17.3. The third-order valence-electron chi connectivity index (χ3n) is 7.51. The number of hydrogen-bond acceptors (Lipinski definition) is 5. The van der Waals surface area contributed by atoms with Crippen LogP contribution in [0.2, 0.25) is 18.1 Å². The zero-order valence-corrected chi connectivity index (χ0v) is 23.9. The number of ketones is 1. The first-order chi connectivity index (χ1) is 14.4. The van der Waals surface area contributed by atoms with Crippen LogP contribution in [0.1, 0.15) is 101 Å². The molecule has 0 aromatic heterocycles. The first kappa shape index (κ1) is 29.3. The van der Waals surface area contributed by atoms with E-state index in [-0.39, 0.29) is 28.3 Å². The first-order valence-electron chi connectivity index (χ1n) is 12.5. The number of ether oxygens (including phenoxy) is 2. The summed E-state index contributed by atoms with van der Waals surface area (Å²) in [5.74, 6) is 0.0734. The molecular formula is C26H50O5Si. The van der Waals surface area contributed by atoms with Crippen LogP contribution in [0, 0.1) is 17.3 Å². The Morgan fingerprint density at radius 2 is 1.69 bits per heavy atom. The molecule has 0 saturated carbocycles. The number of carbonyl (C=O) groups is 2. The fourth-order valence-electron chi connectivity index (χ4n) is 3.79. The van der Waals surface area contributed by atoms with Gasteiger partial charge in [-0.2, -0.15) is 0 Å². The summed E-state index contributed by atoms with van der Waals surface area (Å²) in [6.07, 6.45) is 3.44. The van der Waals surface area contributed by atoms with Gasteiger partial charge in [0.2, 0.25) is 11.9 Å². The predicted molar refractivity (Wildman–Crippen MR) is 133 cm³/mol. The van der Waals surface area contributed by atoms with Crippen molar-refractivity contribution >= 4 is 20.1 Å². The molecule has 0 aromatic carbocycles. The van der Waals surface area contributed by atoms with E-state index in [1.807, 2.05) is 20.8 Å². The molecule has 0 amide bonds. The average Bonchev–Trinajstić information content (AvgIpc) is 2.98. The maximum atomic E-state index is 13.2. The molecule has 0 unspecified atom stereocenters. The largest absolute Gasteiger partial charge is 0.433 e. The topological polar surface area (TPSA) is 61.8 Å². The third kappa shape index (κ3) is 7.14. The van der Waals surface area contributed by atoms with Gasteiger partial charge in [-0.15, -0.1) is 0 Å². The van der Waals surface area contributed by atoms with Crippen LogP contribution >= 0.6 is 0 Å². The molecule has 1 saturated heterocycles. The quantitative estimate of drug-likeness (QED) is 0.187. The highest BCUT2D eigenvalue weighted by molar-refractivity contribution is 6.74. The highest BCUT2D eigenvalue weighted by Gasteiger charge is 2.54. The van der Waals surface area contributed by atoms with Crippen LogP contribution in [-0.4, -0.2) is 38.1 Å². The fraction of sp³-hybridized carbons (Fsp3) is 0.923. The van der Waals surface area contributed by atoms with Crippen LogP contribution in [-0.2, 0) is 23.5 Å². The van der Waals surface area contributed by atoms with Crippen molar-refractivity contribution in [3.05, 3.63) is 0 Å². The molecule has 0 aromatic rings. The average molecular weight is 471 g/mol. The summed E-state index contributed by atoms with van der Waals surface area (Å²) in [6.45, 7) is 25.4. The van der Waals surface area contributed by atoms with Crippen LogP contribution in [0.25, 0.3) is 0 Å². The number of Topliss-reactive ketones (excluding diaryl/α,β-unsaturated/α-hetero) is 1. The van der Waals surface area contributed by atoms with Gasteiger partial charge < -0.3 is 13.9 Å². The number of rotatable bonds is 11. The van der Waals surface area contributed by atoms with Crippen molar-refractivity contribution in [3.8, 4) is 0 Å². The highest BCUT2D eigenvalue weighted by atomic mass is 28.4. The lowest BCUT2D eigenvalue weighted by molar-refractivity contribution is -0.160. The van der Waals surface area contributed by atoms with Crippen LogP contribution in [0.3, 0.4) is 0 Å². The minimum atomic E-state index is -1.93. The van der Waals surface area contributed by atoms with Crippen molar-refractivity contribution in [2.45, 2.75) is 137 Å². The van der Waals surface area contributed by atoms with Gasteiger partial charge in [-0.25, -0.2) is 4.79 Å². The van der Waals surface area contributed by atoms with Crippen molar-refractivity contribution < 1.29 is 23.5 Å². The summed E-state index contributed by atoms with van der Waals surface area (Å²) >= 11 is 0. The monoisotopic (exact) mass is 470 g/mol. The standard InChI is InChI=1S/C26H50O5Si/c1-13-18(3)17-19(20(14-2)31-32(11,12)25(7,8)9)15-16-21(27)26(10)22(28)29-23(30-26)24(4,5)6/h18-20,23H,13-17H2,1-12H3/t18-,19-,20+,23-,26-/m0/s1. The first-order valence-corrected chi connectivity index (χ1v) is 15.4. The second-order valence-electron chi connectivity index (χ2n) is 12.6. The van der Waals surface area contributed by atoms with E-state index >= 15 is 0 Å². The maximum Gasteiger partial charge on any atom is 0.348 e. The van der Waals surface area contributed by atoms with Gasteiger partial charge in [-0.05, 0) is 56.2 Å². The molecule has 1 heterocycles. The van der Waals surface area contributed by atoms with E-state index in [0.29, 0.717) is 18.8 Å². The van der Waals surface area contributed by atoms with Gasteiger partial charge in [0, 0.05) is 17.9 Å². The smallest absolute Gasteiger partial charge is 0.348 e. The van der Waals surface area contributed by atoms with Crippen molar-refractivity contribution in [2.24, 2.45) is 17.3 Å². The lowest BCUT2D eigenvalue weighted by atomic mass is 9.83. The Kier molecular flexibility index (Phi) is 9.79. The van der Waals surface area contributed by atoms with Gasteiger partial charge in [0.15, 0.2) is 14.1 Å². The van der Waals surface area contributed by atoms with Gasteiger partial charge in [0.25, 0.3) is 0 Å². The molecule has 1 aliphatic heterocycles. The summed E-state index contributed by atoms with van der Waals surface area (Å²) < 4.78 is 18.1. The Morgan fingerprint density at radius 1 is 1.12 bits per heavy atom.